The van der Waals surface area contributed by atoms with E-state index in [4.69, 9.17) is 0 Å². The molecule has 0 bridgehead atoms. The van der Waals surface area contributed by atoms with Gasteiger partial charge in [-0.25, -0.2) is 0 Å². The molecule has 10 heavy (non-hydrogen) atoms. The van der Waals surface area contributed by atoms with Gasteiger partial charge in [0.15, 0.2) is 0 Å². The third-order valence-electron chi connectivity index (χ3n) is 1.25. The van der Waals surface area contributed by atoms with Crippen molar-refractivity contribution in [2.45, 2.75) is 46.5 Å². The van der Waals surface area contributed by atoms with Gasteiger partial charge in [0, 0.05) is 13.7 Å². The van der Waals surface area contributed by atoms with E-state index >= 15 is 0 Å². The van der Waals surface area contributed by atoms with Crippen molar-refractivity contribution >= 4 is 0 Å². The van der Waals surface area contributed by atoms with Crippen LogP contribution in [-0.4, -0.2) is 13.7 Å². The smallest absolute Gasteiger partial charge is 0.0433 e. The van der Waals surface area contributed by atoms with Gasteiger partial charge in [0.2, 0.25) is 0 Å². The number of unbranched alkanes of at least 4 members (excludes halogenated alkanes) is 3. The van der Waals surface area contributed by atoms with Crippen LogP contribution in [0.25, 0.3) is 0 Å². The Morgan fingerprint density at radius 2 is 1.20 bits per heavy atom. The topological polar surface area (TPSA) is 9.23 Å². The van der Waals surface area contributed by atoms with Gasteiger partial charge >= 0.3 is 0 Å². The van der Waals surface area contributed by atoms with E-state index in [1.807, 2.05) is 6.92 Å². The molecular formula is C9H22O. The fraction of sp³-hybridized carbons (Fsp3) is 1.00. The summed E-state index contributed by atoms with van der Waals surface area (Å²) in [6.45, 7) is 7.24. The lowest BCUT2D eigenvalue weighted by atomic mass is 10.2. The molecular weight excluding hydrogens is 124 g/mol. The molecule has 0 radical (unpaired) electrons. The van der Waals surface area contributed by atoms with Gasteiger partial charge in [-0.15, -0.1) is 0 Å². The highest BCUT2D eigenvalue weighted by Gasteiger charge is 1.75. The number of hydrogen-bond acceptors (Lipinski definition) is 1. The summed E-state index contributed by atoms with van der Waals surface area (Å²) in [7, 11) is 1.68. The van der Waals surface area contributed by atoms with Gasteiger partial charge in [-0.1, -0.05) is 39.5 Å². The molecule has 0 saturated heterocycles. The van der Waals surface area contributed by atoms with E-state index in [0.717, 1.165) is 6.61 Å². The maximum Gasteiger partial charge on any atom is 0.0433 e. The Labute approximate surface area is 65.8 Å². The molecule has 0 rings (SSSR count). The molecule has 0 heterocycles. The van der Waals surface area contributed by atoms with E-state index in [1.54, 1.807) is 7.11 Å². The van der Waals surface area contributed by atoms with E-state index in [-0.39, 0.29) is 0 Å². The van der Waals surface area contributed by atoms with Crippen molar-refractivity contribution in [2.24, 2.45) is 0 Å². The maximum atomic E-state index is 4.54. The first-order chi connectivity index (χ1) is 4.83. The zero-order chi connectivity index (χ0) is 8.24. The van der Waals surface area contributed by atoms with Crippen molar-refractivity contribution in [1.29, 1.82) is 0 Å². The van der Waals surface area contributed by atoms with Gasteiger partial charge in [0.05, 0.1) is 0 Å². The molecule has 0 spiro atoms. The standard InChI is InChI=1S/C6H14.C3H8O/c1-3-5-6-4-2;1-3-4-2/h3-6H2,1-2H3;3H2,1-2H3. The third-order valence-corrected chi connectivity index (χ3v) is 1.25. The minimum absolute atomic E-state index is 0.819. The lowest BCUT2D eigenvalue weighted by Crippen LogP contribution is -1.73. The van der Waals surface area contributed by atoms with Crippen LogP contribution in [-0.2, 0) is 4.74 Å². The van der Waals surface area contributed by atoms with Crippen LogP contribution in [0.2, 0.25) is 0 Å². The van der Waals surface area contributed by atoms with Crippen molar-refractivity contribution in [2.75, 3.05) is 13.7 Å². The Balaban J connectivity index is 0. The molecule has 1 nitrogen and oxygen atoms in total. The Kier molecular flexibility index (Phi) is 20.2. The Bertz CT molecular complexity index is 29.7. The van der Waals surface area contributed by atoms with E-state index in [2.05, 4.69) is 18.6 Å². The molecule has 1 heteroatoms. The minimum Gasteiger partial charge on any atom is -0.385 e. The molecule has 0 aliphatic heterocycles. The molecule has 0 aliphatic carbocycles. The lowest BCUT2D eigenvalue weighted by molar-refractivity contribution is 0.215. The second-order valence-corrected chi connectivity index (χ2v) is 2.28. The molecule has 0 saturated carbocycles. The fourth-order valence-electron chi connectivity index (χ4n) is 0.500. The van der Waals surface area contributed by atoms with Crippen LogP contribution in [0.15, 0.2) is 0 Å². The molecule has 0 N–H and O–H groups in total. The van der Waals surface area contributed by atoms with Gasteiger partial charge in [-0.2, -0.15) is 0 Å². The summed E-state index contributed by atoms with van der Waals surface area (Å²) in [5, 5.41) is 0. The predicted octanol–water partition coefficient (Wildman–Crippen LogP) is 3.24. The van der Waals surface area contributed by atoms with Gasteiger partial charge in [-0.05, 0) is 6.92 Å². The van der Waals surface area contributed by atoms with Crippen LogP contribution in [0.4, 0.5) is 0 Å². The first-order valence-corrected chi connectivity index (χ1v) is 4.32. The van der Waals surface area contributed by atoms with E-state index in [1.165, 1.54) is 25.7 Å². The van der Waals surface area contributed by atoms with Crippen molar-refractivity contribution in [3.05, 3.63) is 0 Å². The second-order valence-electron chi connectivity index (χ2n) is 2.28. The third kappa shape index (κ3) is 24.6. The SMILES string of the molecule is CCCCCC.CCOC. The van der Waals surface area contributed by atoms with Gasteiger partial charge in [-0.3, -0.25) is 0 Å². The summed E-state index contributed by atoms with van der Waals surface area (Å²) in [5.41, 5.74) is 0. The summed E-state index contributed by atoms with van der Waals surface area (Å²) in [6.07, 6.45) is 5.54. The molecule has 0 aromatic carbocycles. The molecule has 0 unspecified atom stereocenters. The zero-order valence-electron chi connectivity index (χ0n) is 7.94. The zero-order valence-corrected chi connectivity index (χ0v) is 7.94. The largest absolute Gasteiger partial charge is 0.385 e. The number of rotatable bonds is 4. The van der Waals surface area contributed by atoms with Crippen molar-refractivity contribution in [1.82, 2.24) is 0 Å². The Hall–Kier alpha value is -0.0400. The predicted molar refractivity (Wildman–Crippen MR) is 47.4 cm³/mol. The quantitative estimate of drug-likeness (QED) is 0.553. The number of ether oxygens (including phenoxy) is 1. The van der Waals surface area contributed by atoms with Crippen LogP contribution in [0, 0.1) is 0 Å². The van der Waals surface area contributed by atoms with Crippen LogP contribution < -0.4 is 0 Å². The second kappa shape index (κ2) is 16.0. The summed E-state index contributed by atoms with van der Waals surface area (Å²) in [4.78, 5) is 0. The van der Waals surface area contributed by atoms with Crippen molar-refractivity contribution in [3.63, 3.8) is 0 Å². The van der Waals surface area contributed by atoms with Gasteiger partial charge in [0.1, 0.15) is 0 Å². The van der Waals surface area contributed by atoms with Crippen LogP contribution in [0.1, 0.15) is 46.5 Å². The average molecular weight is 146 g/mol. The molecule has 0 aromatic rings. The van der Waals surface area contributed by atoms with Crippen LogP contribution >= 0.6 is 0 Å². The molecule has 0 amide bonds. The van der Waals surface area contributed by atoms with E-state index < -0.39 is 0 Å². The highest BCUT2D eigenvalue weighted by atomic mass is 16.5. The lowest BCUT2D eigenvalue weighted by Gasteiger charge is -1.86. The summed E-state index contributed by atoms with van der Waals surface area (Å²) < 4.78 is 4.54. The fourth-order valence-corrected chi connectivity index (χ4v) is 0.500. The summed E-state index contributed by atoms with van der Waals surface area (Å²) >= 11 is 0. The number of hydrogen-bond donors (Lipinski definition) is 0. The monoisotopic (exact) mass is 146 g/mol. The molecule has 64 valence electrons. The van der Waals surface area contributed by atoms with Crippen LogP contribution in [0.5, 0.6) is 0 Å². The molecule has 0 fully saturated rings. The first kappa shape index (κ1) is 12.6. The number of methoxy groups -OCH3 is 1. The Morgan fingerprint density at radius 1 is 0.900 bits per heavy atom. The van der Waals surface area contributed by atoms with Crippen molar-refractivity contribution < 1.29 is 4.74 Å². The molecule has 0 aliphatic rings. The highest BCUT2D eigenvalue weighted by molar-refractivity contribution is 4.31. The Morgan fingerprint density at radius 3 is 1.30 bits per heavy atom. The van der Waals surface area contributed by atoms with Crippen LogP contribution in [0.3, 0.4) is 0 Å². The van der Waals surface area contributed by atoms with E-state index in [9.17, 15) is 0 Å². The molecule has 0 atom stereocenters. The summed E-state index contributed by atoms with van der Waals surface area (Å²) in [5.74, 6) is 0. The van der Waals surface area contributed by atoms with Gasteiger partial charge in [0.25, 0.3) is 0 Å². The van der Waals surface area contributed by atoms with Crippen molar-refractivity contribution in [3.8, 4) is 0 Å². The van der Waals surface area contributed by atoms with Gasteiger partial charge < -0.3 is 4.74 Å². The normalized spacial score (nSPS) is 8.40. The average Bonchev–Trinajstić information content (AvgIpc) is 2.01. The first-order valence-electron chi connectivity index (χ1n) is 4.32. The maximum absolute atomic E-state index is 4.54. The van der Waals surface area contributed by atoms with E-state index in [0.29, 0.717) is 0 Å². The summed E-state index contributed by atoms with van der Waals surface area (Å²) in [6, 6.07) is 0. The minimum atomic E-state index is 0.819. The highest BCUT2D eigenvalue weighted by Crippen LogP contribution is 1.95. The molecule has 0 aromatic heterocycles.